The van der Waals surface area contributed by atoms with E-state index in [0.29, 0.717) is 12.6 Å². The SMILES string of the molecule is CN1CCCC1CNc1cc(F)c(Br)cc1[N+](=O)[O-]. The Kier molecular flexibility index (Phi) is 4.36. The van der Waals surface area contributed by atoms with Crippen molar-refractivity contribution < 1.29 is 9.31 Å². The van der Waals surface area contributed by atoms with Gasteiger partial charge in [0.25, 0.3) is 5.69 Å². The van der Waals surface area contributed by atoms with Gasteiger partial charge in [0.2, 0.25) is 0 Å². The molecule has 1 heterocycles. The smallest absolute Gasteiger partial charge is 0.293 e. The maximum Gasteiger partial charge on any atom is 0.293 e. The molecule has 7 heteroatoms. The zero-order valence-corrected chi connectivity index (χ0v) is 12.1. The Balaban J connectivity index is 2.14. The van der Waals surface area contributed by atoms with Crippen LogP contribution in [0.15, 0.2) is 16.6 Å². The molecule has 1 fully saturated rings. The minimum absolute atomic E-state index is 0.0998. The standard InChI is InChI=1S/C12H15BrFN3O2/c1-16-4-2-3-8(16)7-15-11-6-10(14)9(13)5-12(11)17(18)19/h5-6,8,15H,2-4,7H2,1H3. The van der Waals surface area contributed by atoms with Crippen LogP contribution < -0.4 is 5.32 Å². The second kappa shape index (κ2) is 5.83. The van der Waals surface area contributed by atoms with E-state index < -0.39 is 10.7 Å². The fraction of sp³-hybridized carbons (Fsp3) is 0.500. The van der Waals surface area contributed by atoms with Crippen LogP contribution in [0.4, 0.5) is 15.8 Å². The number of hydrogen-bond donors (Lipinski definition) is 1. The molecular weight excluding hydrogens is 317 g/mol. The van der Waals surface area contributed by atoms with E-state index in [4.69, 9.17) is 0 Å². The Morgan fingerprint density at radius 2 is 2.37 bits per heavy atom. The average Bonchev–Trinajstić information content (AvgIpc) is 2.75. The maximum absolute atomic E-state index is 13.5. The number of nitrogens with one attached hydrogen (secondary N) is 1. The summed E-state index contributed by atoms with van der Waals surface area (Å²) < 4.78 is 13.6. The third kappa shape index (κ3) is 3.22. The molecule has 1 aliphatic heterocycles. The van der Waals surface area contributed by atoms with Crippen molar-refractivity contribution in [3.8, 4) is 0 Å². The van der Waals surface area contributed by atoms with Gasteiger partial charge in [-0.05, 0) is 42.4 Å². The highest BCUT2D eigenvalue weighted by atomic mass is 79.9. The number of halogens is 2. The van der Waals surface area contributed by atoms with E-state index in [1.165, 1.54) is 6.07 Å². The first-order valence-corrected chi connectivity index (χ1v) is 6.86. The summed E-state index contributed by atoms with van der Waals surface area (Å²) >= 11 is 2.96. The summed E-state index contributed by atoms with van der Waals surface area (Å²) in [7, 11) is 2.02. The summed E-state index contributed by atoms with van der Waals surface area (Å²) in [4.78, 5) is 12.7. The van der Waals surface area contributed by atoms with Crippen molar-refractivity contribution in [3.05, 3.63) is 32.5 Å². The molecular formula is C12H15BrFN3O2. The highest BCUT2D eigenvalue weighted by Crippen LogP contribution is 2.31. The molecule has 0 saturated carbocycles. The van der Waals surface area contributed by atoms with Gasteiger partial charge < -0.3 is 10.2 Å². The van der Waals surface area contributed by atoms with Gasteiger partial charge in [-0.15, -0.1) is 0 Å². The normalized spacial score (nSPS) is 19.6. The Morgan fingerprint density at radius 1 is 1.63 bits per heavy atom. The molecule has 0 amide bonds. The fourth-order valence-corrected chi connectivity index (χ4v) is 2.63. The highest BCUT2D eigenvalue weighted by molar-refractivity contribution is 9.10. The Morgan fingerprint density at radius 3 is 2.95 bits per heavy atom. The lowest BCUT2D eigenvalue weighted by atomic mass is 10.2. The lowest BCUT2D eigenvalue weighted by Gasteiger charge is -2.20. The number of anilines is 1. The van der Waals surface area contributed by atoms with E-state index in [2.05, 4.69) is 26.1 Å². The highest BCUT2D eigenvalue weighted by Gasteiger charge is 2.23. The maximum atomic E-state index is 13.5. The molecule has 0 radical (unpaired) electrons. The van der Waals surface area contributed by atoms with E-state index >= 15 is 0 Å². The third-order valence-corrected chi connectivity index (χ3v) is 4.04. The van der Waals surface area contributed by atoms with Crippen molar-refractivity contribution >= 4 is 27.3 Å². The molecule has 19 heavy (non-hydrogen) atoms. The van der Waals surface area contributed by atoms with Crippen LogP contribution in [0, 0.1) is 15.9 Å². The first kappa shape index (κ1) is 14.2. The molecule has 1 unspecified atom stereocenters. The van der Waals surface area contributed by atoms with Crippen LogP contribution in [0.3, 0.4) is 0 Å². The molecule has 0 bridgehead atoms. The first-order valence-electron chi connectivity index (χ1n) is 6.06. The second-order valence-electron chi connectivity index (χ2n) is 4.70. The molecule has 1 aromatic rings. The molecule has 2 rings (SSSR count). The van der Waals surface area contributed by atoms with Crippen LogP contribution in [0.25, 0.3) is 0 Å². The third-order valence-electron chi connectivity index (χ3n) is 3.43. The summed E-state index contributed by atoms with van der Waals surface area (Å²) in [5.41, 5.74) is 0.111. The van der Waals surface area contributed by atoms with Crippen LogP contribution in [0.1, 0.15) is 12.8 Å². The Hall–Kier alpha value is -1.21. The van der Waals surface area contributed by atoms with Crippen molar-refractivity contribution in [2.45, 2.75) is 18.9 Å². The quantitative estimate of drug-likeness (QED) is 0.680. The van der Waals surface area contributed by atoms with Crippen LogP contribution in [-0.4, -0.2) is 36.0 Å². The molecule has 1 aliphatic rings. The number of likely N-dealkylation sites (tertiary alicyclic amines) is 1. The zero-order chi connectivity index (χ0) is 14.0. The molecule has 0 aromatic heterocycles. The molecule has 1 saturated heterocycles. The minimum Gasteiger partial charge on any atom is -0.378 e. The van der Waals surface area contributed by atoms with Gasteiger partial charge in [0, 0.05) is 24.7 Å². The number of nitro benzene ring substituents is 1. The summed E-state index contributed by atoms with van der Waals surface area (Å²) in [6.45, 7) is 1.61. The van der Waals surface area contributed by atoms with Gasteiger partial charge in [0.05, 0.1) is 9.40 Å². The molecule has 1 aromatic carbocycles. The summed E-state index contributed by atoms with van der Waals surface area (Å²) in [5, 5.41) is 13.9. The summed E-state index contributed by atoms with van der Waals surface area (Å²) in [5.74, 6) is -0.507. The molecule has 104 valence electrons. The predicted molar refractivity (Wildman–Crippen MR) is 74.9 cm³/mol. The lowest BCUT2D eigenvalue weighted by molar-refractivity contribution is -0.384. The summed E-state index contributed by atoms with van der Waals surface area (Å²) in [6.07, 6.45) is 2.18. The van der Waals surface area contributed by atoms with Crippen molar-refractivity contribution in [3.63, 3.8) is 0 Å². The van der Waals surface area contributed by atoms with Crippen LogP contribution in [0.5, 0.6) is 0 Å². The van der Waals surface area contributed by atoms with Crippen molar-refractivity contribution in [2.24, 2.45) is 0 Å². The van der Waals surface area contributed by atoms with Gasteiger partial charge in [-0.2, -0.15) is 0 Å². The molecule has 5 nitrogen and oxygen atoms in total. The Bertz CT molecular complexity index is 498. The van der Waals surface area contributed by atoms with Gasteiger partial charge in [0.15, 0.2) is 0 Å². The van der Waals surface area contributed by atoms with Crippen LogP contribution in [-0.2, 0) is 0 Å². The number of benzene rings is 1. The van der Waals surface area contributed by atoms with E-state index in [1.54, 1.807) is 0 Å². The average molecular weight is 332 g/mol. The monoisotopic (exact) mass is 331 g/mol. The van der Waals surface area contributed by atoms with Gasteiger partial charge in [-0.3, -0.25) is 10.1 Å². The number of rotatable bonds is 4. The van der Waals surface area contributed by atoms with Gasteiger partial charge in [0.1, 0.15) is 11.5 Å². The molecule has 0 spiro atoms. The number of nitrogens with zero attached hydrogens (tertiary/aromatic N) is 2. The molecule has 1 atom stereocenters. The van der Waals surface area contributed by atoms with Crippen molar-refractivity contribution in [1.82, 2.24) is 4.90 Å². The Labute approximate surface area is 119 Å². The molecule has 0 aliphatic carbocycles. The second-order valence-corrected chi connectivity index (χ2v) is 5.55. The number of nitro groups is 1. The van der Waals surface area contributed by atoms with E-state index in [9.17, 15) is 14.5 Å². The van der Waals surface area contributed by atoms with Crippen LogP contribution >= 0.6 is 15.9 Å². The van der Waals surface area contributed by atoms with Crippen LogP contribution in [0.2, 0.25) is 0 Å². The van der Waals surface area contributed by atoms with E-state index in [0.717, 1.165) is 25.5 Å². The van der Waals surface area contributed by atoms with E-state index in [1.807, 2.05) is 7.05 Å². The molecule has 1 N–H and O–H groups in total. The zero-order valence-electron chi connectivity index (χ0n) is 10.5. The topological polar surface area (TPSA) is 58.4 Å². The number of hydrogen-bond acceptors (Lipinski definition) is 4. The van der Waals surface area contributed by atoms with Crippen molar-refractivity contribution in [2.75, 3.05) is 25.5 Å². The van der Waals surface area contributed by atoms with Gasteiger partial charge in [-0.1, -0.05) is 0 Å². The van der Waals surface area contributed by atoms with Crippen molar-refractivity contribution in [1.29, 1.82) is 0 Å². The fourth-order valence-electron chi connectivity index (χ4n) is 2.29. The summed E-state index contributed by atoms with van der Waals surface area (Å²) in [6, 6.07) is 2.69. The van der Waals surface area contributed by atoms with E-state index in [-0.39, 0.29) is 15.8 Å². The van der Waals surface area contributed by atoms with Gasteiger partial charge >= 0.3 is 0 Å². The minimum atomic E-state index is -0.509. The lowest BCUT2D eigenvalue weighted by Crippen LogP contribution is -2.31. The number of likely N-dealkylation sites (N-methyl/N-ethyl adjacent to an activating group) is 1. The van der Waals surface area contributed by atoms with Gasteiger partial charge in [-0.25, -0.2) is 4.39 Å². The predicted octanol–water partition coefficient (Wildman–Crippen LogP) is 3.00. The first-order chi connectivity index (χ1) is 8.99. The largest absolute Gasteiger partial charge is 0.378 e.